The van der Waals surface area contributed by atoms with Crippen LogP contribution in [0.4, 0.5) is 11.9 Å². The molecule has 0 unspecified atom stereocenters. The Balaban J connectivity index is 1.68. The SMILES string of the molecule is CCc1cc2c(=O)n(CCc3ccccc3)c(SCc3nc(N)nc(N)n3)nc2s1. The first-order valence-corrected chi connectivity index (χ1v) is 11.3. The van der Waals surface area contributed by atoms with Crippen molar-refractivity contribution in [2.45, 2.75) is 37.2 Å². The van der Waals surface area contributed by atoms with Crippen molar-refractivity contribution in [2.75, 3.05) is 11.5 Å². The molecule has 0 aliphatic carbocycles. The Labute approximate surface area is 181 Å². The first-order valence-electron chi connectivity index (χ1n) is 9.49. The highest BCUT2D eigenvalue weighted by molar-refractivity contribution is 7.98. The van der Waals surface area contributed by atoms with E-state index in [1.54, 1.807) is 15.9 Å². The molecule has 0 amide bonds. The lowest BCUT2D eigenvalue weighted by atomic mass is 10.1. The second-order valence-corrected chi connectivity index (χ2v) is 8.69. The number of nitrogen functional groups attached to an aromatic ring is 2. The standard InChI is InChI=1S/C20H21N7OS2/c1-2-13-10-14-16(30-13)25-20(29-11-15-23-18(21)26-19(22)24-15)27(17(14)28)9-8-12-6-4-3-5-7-12/h3-7,10H,2,8-9,11H2,1H3,(H4,21,22,23,24,26). The molecule has 0 bridgehead atoms. The van der Waals surface area contributed by atoms with Crippen molar-refractivity contribution in [3.8, 4) is 0 Å². The van der Waals surface area contributed by atoms with Gasteiger partial charge in [-0.05, 0) is 24.5 Å². The van der Waals surface area contributed by atoms with Gasteiger partial charge in [0.1, 0.15) is 10.7 Å². The van der Waals surface area contributed by atoms with Crippen LogP contribution in [0, 0.1) is 0 Å². The molecule has 0 fully saturated rings. The van der Waals surface area contributed by atoms with Crippen molar-refractivity contribution in [3.05, 3.63) is 63.0 Å². The number of hydrogen-bond donors (Lipinski definition) is 2. The number of nitrogens with two attached hydrogens (primary N) is 2. The summed E-state index contributed by atoms with van der Waals surface area (Å²) in [6.45, 7) is 2.61. The zero-order valence-electron chi connectivity index (χ0n) is 16.4. The molecule has 0 atom stereocenters. The molecule has 10 heteroatoms. The fourth-order valence-corrected chi connectivity index (χ4v) is 4.95. The molecule has 0 aliphatic heterocycles. The van der Waals surface area contributed by atoms with Crippen LogP contribution in [0.5, 0.6) is 0 Å². The number of thiophene rings is 1. The van der Waals surface area contributed by atoms with Gasteiger partial charge in [-0.15, -0.1) is 11.3 Å². The quantitative estimate of drug-likeness (QED) is 0.332. The van der Waals surface area contributed by atoms with Crippen molar-refractivity contribution < 1.29 is 0 Å². The third kappa shape index (κ3) is 4.44. The molecule has 30 heavy (non-hydrogen) atoms. The molecular weight excluding hydrogens is 418 g/mol. The van der Waals surface area contributed by atoms with Crippen molar-refractivity contribution in [2.24, 2.45) is 0 Å². The van der Waals surface area contributed by atoms with Crippen LogP contribution in [0.1, 0.15) is 23.2 Å². The first kappa shape index (κ1) is 20.3. The van der Waals surface area contributed by atoms with E-state index in [4.69, 9.17) is 16.5 Å². The van der Waals surface area contributed by atoms with Gasteiger partial charge in [0, 0.05) is 11.4 Å². The summed E-state index contributed by atoms with van der Waals surface area (Å²) in [5.41, 5.74) is 12.5. The highest BCUT2D eigenvalue weighted by Crippen LogP contribution is 2.26. The molecule has 3 aromatic heterocycles. The molecular formula is C20H21N7OS2. The first-order chi connectivity index (χ1) is 14.5. The summed E-state index contributed by atoms with van der Waals surface area (Å²) in [5, 5.41) is 1.30. The molecule has 0 aliphatic rings. The van der Waals surface area contributed by atoms with Gasteiger partial charge in [0.2, 0.25) is 11.9 Å². The number of anilines is 2. The summed E-state index contributed by atoms with van der Waals surface area (Å²) in [6.07, 6.45) is 1.61. The largest absolute Gasteiger partial charge is 0.368 e. The fraction of sp³-hybridized carbons (Fsp3) is 0.250. The molecule has 4 N–H and O–H groups in total. The Hall–Kier alpha value is -2.98. The lowest BCUT2D eigenvalue weighted by Gasteiger charge is -2.12. The molecule has 3 heterocycles. The van der Waals surface area contributed by atoms with Crippen LogP contribution in [0.15, 0.2) is 46.3 Å². The van der Waals surface area contributed by atoms with E-state index in [2.05, 4.69) is 34.0 Å². The van der Waals surface area contributed by atoms with E-state index in [-0.39, 0.29) is 17.5 Å². The molecule has 4 aromatic rings. The van der Waals surface area contributed by atoms with Crippen molar-refractivity contribution >= 4 is 45.2 Å². The number of thioether (sulfide) groups is 1. The molecule has 154 valence electrons. The van der Waals surface area contributed by atoms with Gasteiger partial charge in [-0.3, -0.25) is 9.36 Å². The zero-order chi connectivity index (χ0) is 21.1. The Morgan fingerprint density at radius 3 is 2.50 bits per heavy atom. The van der Waals surface area contributed by atoms with Crippen LogP contribution in [0.25, 0.3) is 10.2 Å². The van der Waals surface area contributed by atoms with Gasteiger partial charge in [0.05, 0.1) is 11.1 Å². The smallest absolute Gasteiger partial charge is 0.262 e. The summed E-state index contributed by atoms with van der Waals surface area (Å²) in [4.78, 5) is 32.0. The zero-order valence-corrected chi connectivity index (χ0v) is 18.0. The minimum absolute atomic E-state index is 0.0240. The molecule has 0 saturated carbocycles. The van der Waals surface area contributed by atoms with Crippen molar-refractivity contribution in [1.29, 1.82) is 0 Å². The Morgan fingerprint density at radius 1 is 1.07 bits per heavy atom. The van der Waals surface area contributed by atoms with Gasteiger partial charge in [0.15, 0.2) is 5.16 Å². The van der Waals surface area contributed by atoms with Crippen LogP contribution in [0.2, 0.25) is 0 Å². The van der Waals surface area contributed by atoms with Crippen molar-refractivity contribution in [3.63, 3.8) is 0 Å². The number of aryl methyl sites for hydroxylation is 2. The average molecular weight is 440 g/mol. The lowest BCUT2D eigenvalue weighted by Crippen LogP contribution is -2.24. The number of fused-ring (bicyclic) bond motifs is 1. The summed E-state index contributed by atoms with van der Waals surface area (Å²) >= 11 is 2.95. The fourth-order valence-electron chi connectivity index (χ4n) is 3.06. The predicted molar refractivity (Wildman–Crippen MR) is 122 cm³/mol. The van der Waals surface area contributed by atoms with Crippen LogP contribution < -0.4 is 17.0 Å². The predicted octanol–water partition coefficient (Wildman–Crippen LogP) is 2.90. The number of nitrogens with zero attached hydrogens (tertiary/aromatic N) is 5. The van der Waals surface area contributed by atoms with Gasteiger partial charge in [-0.1, -0.05) is 49.0 Å². The third-order valence-electron chi connectivity index (χ3n) is 4.53. The maximum atomic E-state index is 13.3. The van der Waals surface area contributed by atoms with E-state index in [1.165, 1.54) is 11.8 Å². The van der Waals surface area contributed by atoms with E-state index in [0.717, 1.165) is 28.1 Å². The van der Waals surface area contributed by atoms with Crippen LogP contribution >= 0.6 is 23.1 Å². The highest BCUT2D eigenvalue weighted by atomic mass is 32.2. The van der Waals surface area contributed by atoms with E-state index in [0.29, 0.717) is 28.7 Å². The average Bonchev–Trinajstić information content (AvgIpc) is 3.15. The van der Waals surface area contributed by atoms with Crippen LogP contribution in [-0.4, -0.2) is 24.5 Å². The van der Waals surface area contributed by atoms with Gasteiger partial charge in [0.25, 0.3) is 5.56 Å². The number of benzene rings is 1. The maximum Gasteiger partial charge on any atom is 0.262 e. The van der Waals surface area contributed by atoms with Gasteiger partial charge in [-0.25, -0.2) is 4.98 Å². The summed E-state index contributed by atoms with van der Waals surface area (Å²) in [5.74, 6) is 0.990. The summed E-state index contributed by atoms with van der Waals surface area (Å²) < 4.78 is 1.74. The number of rotatable bonds is 7. The molecule has 4 rings (SSSR count). The Morgan fingerprint density at radius 2 is 1.80 bits per heavy atom. The Kier molecular flexibility index (Phi) is 5.96. The van der Waals surface area contributed by atoms with E-state index < -0.39 is 0 Å². The minimum Gasteiger partial charge on any atom is -0.368 e. The molecule has 0 radical (unpaired) electrons. The topological polar surface area (TPSA) is 126 Å². The second-order valence-electron chi connectivity index (χ2n) is 6.63. The maximum absolute atomic E-state index is 13.3. The molecule has 0 spiro atoms. The van der Waals surface area contributed by atoms with Crippen LogP contribution in [0.3, 0.4) is 0 Å². The molecule has 1 aromatic carbocycles. The second kappa shape index (κ2) is 8.80. The van der Waals surface area contributed by atoms with Crippen molar-refractivity contribution in [1.82, 2.24) is 24.5 Å². The van der Waals surface area contributed by atoms with Crippen LogP contribution in [-0.2, 0) is 25.1 Å². The Bertz CT molecular complexity index is 1220. The van der Waals surface area contributed by atoms with E-state index >= 15 is 0 Å². The van der Waals surface area contributed by atoms with E-state index in [1.807, 2.05) is 24.3 Å². The highest BCUT2D eigenvalue weighted by Gasteiger charge is 2.15. The normalized spacial score (nSPS) is 11.2. The number of aromatic nitrogens is 5. The summed E-state index contributed by atoms with van der Waals surface area (Å²) in [6, 6.07) is 12.0. The summed E-state index contributed by atoms with van der Waals surface area (Å²) in [7, 11) is 0. The molecule has 0 saturated heterocycles. The van der Waals surface area contributed by atoms with Gasteiger partial charge >= 0.3 is 0 Å². The monoisotopic (exact) mass is 439 g/mol. The lowest BCUT2D eigenvalue weighted by molar-refractivity contribution is 0.596. The van der Waals surface area contributed by atoms with Gasteiger partial charge < -0.3 is 11.5 Å². The van der Waals surface area contributed by atoms with Gasteiger partial charge in [-0.2, -0.15) is 15.0 Å². The molecule has 8 nitrogen and oxygen atoms in total. The number of hydrogen-bond acceptors (Lipinski definition) is 9. The van der Waals surface area contributed by atoms with E-state index in [9.17, 15) is 4.79 Å². The minimum atomic E-state index is -0.0240. The third-order valence-corrected chi connectivity index (χ3v) is 6.67.